The van der Waals surface area contributed by atoms with Crippen LogP contribution in [0, 0.1) is 0 Å². The van der Waals surface area contributed by atoms with Gasteiger partial charge >= 0.3 is 0 Å². The second kappa shape index (κ2) is 4.77. The van der Waals surface area contributed by atoms with Gasteiger partial charge in [-0.1, -0.05) is 30.5 Å². The molecule has 0 radical (unpaired) electrons. The molecule has 1 aliphatic carbocycles. The van der Waals surface area contributed by atoms with E-state index in [-0.39, 0.29) is 0 Å². The molecule has 1 aliphatic rings. The first-order chi connectivity index (χ1) is 7.18. The third-order valence-electron chi connectivity index (χ3n) is 2.84. The highest BCUT2D eigenvalue weighted by Crippen LogP contribution is 2.35. The second-order valence-corrected chi connectivity index (χ2v) is 5.66. The van der Waals surface area contributed by atoms with Gasteiger partial charge in [0, 0.05) is 15.7 Å². The molecule has 3 heteroatoms. The maximum absolute atomic E-state index is 10.2. The van der Waals surface area contributed by atoms with Gasteiger partial charge in [-0.05, 0) is 31.0 Å². The quantitative estimate of drug-likeness (QED) is 0.815. The van der Waals surface area contributed by atoms with Crippen LogP contribution in [0.5, 0.6) is 0 Å². The molecule has 0 heterocycles. The molecule has 0 atom stereocenters. The Morgan fingerprint density at radius 1 is 1.33 bits per heavy atom. The fourth-order valence-corrected chi connectivity index (χ4v) is 3.32. The Morgan fingerprint density at radius 2 is 2.07 bits per heavy atom. The summed E-state index contributed by atoms with van der Waals surface area (Å²) in [6, 6.07) is 7.80. The fourth-order valence-electron chi connectivity index (χ4n) is 1.95. The molecular formula is C12H15ClOS. The van der Waals surface area contributed by atoms with Crippen molar-refractivity contribution in [1.82, 2.24) is 0 Å². The summed E-state index contributed by atoms with van der Waals surface area (Å²) in [5.41, 5.74) is -0.438. The lowest BCUT2D eigenvalue weighted by Crippen LogP contribution is -2.26. The topological polar surface area (TPSA) is 20.2 Å². The van der Waals surface area contributed by atoms with Crippen molar-refractivity contribution in [1.29, 1.82) is 0 Å². The Kier molecular flexibility index (Phi) is 3.60. The smallest absolute Gasteiger partial charge is 0.0741 e. The van der Waals surface area contributed by atoms with Crippen molar-refractivity contribution >= 4 is 23.4 Å². The first-order valence-electron chi connectivity index (χ1n) is 5.29. The van der Waals surface area contributed by atoms with Gasteiger partial charge in [0.15, 0.2) is 0 Å². The molecule has 1 fully saturated rings. The number of hydrogen-bond donors (Lipinski definition) is 1. The minimum atomic E-state index is -0.438. The highest BCUT2D eigenvalue weighted by molar-refractivity contribution is 7.99. The average Bonchev–Trinajstić information content (AvgIpc) is 2.63. The first-order valence-corrected chi connectivity index (χ1v) is 6.65. The molecule has 0 amide bonds. The Bertz CT molecular complexity index is 334. The van der Waals surface area contributed by atoms with Crippen molar-refractivity contribution in [2.75, 3.05) is 5.75 Å². The molecule has 1 nitrogen and oxygen atoms in total. The van der Waals surface area contributed by atoms with E-state index in [1.807, 2.05) is 24.3 Å². The molecule has 1 aromatic rings. The number of thioether (sulfide) groups is 1. The highest BCUT2D eigenvalue weighted by atomic mass is 35.5. The van der Waals surface area contributed by atoms with E-state index in [9.17, 15) is 5.11 Å². The SMILES string of the molecule is OC1(CSc2cccc(Cl)c2)CCCC1. The van der Waals surface area contributed by atoms with E-state index in [1.54, 1.807) is 11.8 Å². The summed E-state index contributed by atoms with van der Waals surface area (Å²) in [6.07, 6.45) is 4.21. The van der Waals surface area contributed by atoms with E-state index in [0.717, 1.165) is 41.4 Å². The maximum Gasteiger partial charge on any atom is 0.0741 e. The average molecular weight is 243 g/mol. The summed E-state index contributed by atoms with van der Waals surface area (Å²) < 4.78 is 0. The zero-order chi connectivity index (χ0) is 10.7. The summed E-state index contributed by atoms with van der Waals surface area (Å²) in [5, 5.41) is 10.9. The van der Waals surface area contributed by atoms with E-state index >= 15 is 0 Å². The predicted octanol–water partition coefficient (Wildman–Crippen LogP) is 3.74. The standard InChI is InChI=1S/C12H15ClOS/c13-10-4-3-5-11(8-10)15-9-12(14)6-1-2-7-12/h3-5,8,14H,1-2,6-7,9H2. The van der Waals surface area contributed by atoms with Crippen molar-refractivity contribution in [3.05, 3.63) is 29.3 Å². The van der Waals surface area contributed by atoms with Crippen LogP contribution in [0.4, 0.5) is 0 Å². The predicted molar refractivity (Wildman–Crippen MR) is 65.6 cm³/mol. The molecule has 0 bridgehead atoms. The number of hydrogen-bond acceptors (Lipinski definition) is 2. The van der Waals surface area contributed by atoms with Crippen molar-refractivity contribution in [3.63, 3.8) is 0 Å². The number of rotatable bonds is 3. The number of benzene rings is 1. The van der Waals surface area contributed by atoms with Crippen LogP contribution < -0.4 is 0 Å². The van der Waals surface area contributed by atoms with Crippen molar-refractivity contribution < 1.29 is 5.11 Å². The molecule has 1 aromatic carbocycles. The lowest BCUT2D eigenvalue weighted by atomic mass is 10.1. The molecule has 0 saturated heterocycles. The minimum Gasteiger partial charge on any atom is -0.389 e. The largest absolute Gasteiger partial charge is 0.389 e. The van der Waals surface area contributed by atoms with Crippen molar-refractivity contribution in [3.8, 4) is 0 Å². The van der Waals surface area contributed by atoms with E-state index in [1.165, 1.54) is 0 Å². The third-order valence-corrected chi connectivity index (χ3v) is 4.34. The monoisotopic (exact) mass is 242 g/mol. The third kappa shape index (κ3) is 3.13. The minimum absolute atomic E-state index is 0.438. The van der Waals surface area contributed by atoms with Gasteiger partial charge in [0.25, 0.3) is 0 Å². The lowest BCUT2D eigenvalue weighted by molar-refractivity contribution is 0.0732. The summed E-state index contributed by atoms with van der Waals surface area (Å²) in [5.74, 6) is 0.785. The molecule has 0 aromatic heterocycles. The van der Waals surface area contributed by atoms with Crippen LogP contribution in [0.3, 0.4) is 0 Å². The summed E-state index contributed by atoms with van der Waals surface area (Å²) >= 11 is 7.60. The van der Waals surface area contributed by atoms with Gasteiger partial charge in [0.05, 0.1) is 5.60 Å². The molecule has 2 rings (SSSR count). The molecule has 1 N–H and O–H groups in total. The van der Waals surface area contributed by atoms with E-state index in [4.69, 9.17) is 11.6 Å². The molecule has 82 valence electrons. The van der Waals surface area contributed by atoms with E-state index < -0.39 is 5.60 Å². The van der Waals surface area contributed by atoms with Crippen molar-refractivity contribution in [2.45, 2.75) is 36.2 Å². The summed E-state index contributed by atoms with van der Waals surface area (Å²) in [6.45, 7) is 0. The van der Waals surface area contributed by atoms with Crippen LogP contribution in [0.15, 0.2) is 29.2 Å². The van der Waals surface area contributed by atoms with Gasteiger partial charge in [0.1, 0.15) is 0 Å². The van der Waals surface area contributed by atoms with Crippen LogP contribution >= 0.6 is 23.4 Å². The first kappa shape index (κ1) is 11.3. The molecule has 15 heavy (non-hydrogen) atoms. The Balaban J connectivity index is 1.92. The fraction of sp³-hybridized carbons (Fsp3) is 0.500. The summed E-state index contributed by atoms with van der Waals surface area (Å²) in [7, 11) is 0. The Labute approximate surface area is 99.8 Å². The second-order valence-electron chi connectivity index (χ2n) is 4.18. The highest BCUT2D eigenvalue weighted by Gasteiger charge is 2.30. The Morgan fingerprint density at radius 3 is 2.73 bits per heavy atom. The zero-order valence-corrected chi connectivity index (χ0v) is 10.2. The van der Waals surface area contributed by atoms with Gasteiger partial charge in [-0.3, -0.25) is 0 Å². The van der Waals surface area contributed by atoms with Crippen LogP contribution in [0.25, 0.3) is 0 Å². The van der Waals surface area contributed by atoms with Crippen LogP contribution in [-0.4, -0.2) is 16.5 Å². The van der Waals surface area contributed by atoms with Gasteiger partial charge in [0.2, 0.25) is 0 Å². The van der Waals surface area contributed by atoms with Crippen LogP contribution in [-0.2, 0) is 0 Å². The number of aliphatic hydroxyl groups is 1. The lowest BCUT2D eigenvalue weighted by Gasteiger charge is -2.21. The van der Waals surface area contributed by atoms with Crippen LogP contribution in [0.1, 0.15) is 25.7 Å². The normalized spacial score (nSPS) is 19.3. The van der Waals surface area contributed by atoms with Gasteiger partial charge in [-0.15, -0.1) is 11.8 Å². The van der Waals surface area contributed by atoms with E-state index in [2.05, 4.69) is 0 Å². The molecule has 0 spiro atoms. The van der Waals surface area contributed by atoms with Gasteiger partial charge in [-0.25, -0.2) is 0 Å². The molecule has 0 aliphatic heterocycles. The number of halogens is 1. The molecular weight excluding hydrogens is 228 g/mol. The molecule has 1 saturated carbocycles. The zero-order valence-electron chi connectivity index (χ0n) is 8.58. The van der Waals surface area contributed by atoms with Crippen molar-refractivity contribution in [2.24, 2.45) is 0 Å². The van der Waals surface area contributed by atoms with Gasteiger partial charge < -0.3 is 5.11 Å². The van der Waals surface area contributed by atoms with Gasteiger partial charge in [-0.2, -0.15) is 0 Å². The molecule has 0 unspecified atom stereocenters. The van der Waals surface area contributed by atoms with Crippen LogP contribution in [0.2, 0.25) is 5.02 Å². The summed E-state index contributed by atoms with van der Waals surface area (Å²) in [4.78, 5) is 1.14. The Hall–Kier alpha value is -0.180. The van der Waals surface area contributed by atoms with E-state index in [0.29, 0.717) is 0 Å². The maximum atomic E-state index is 10.2.